The van der Waals surface area contributed by atoms with Gasteiger partial charge in [0.1, 0.15) is 0 Å². The number of nitrogens with zero attached hydrogens (tertiary/aromatic N) is 3. The van der Waals surface area contributed by atoms with Gasteiger partial charge in [0.15, 0.2) is 0 Å². The van der Waals surface area contributed by atoms with Crippen LogP contribution in [0, 0.1) is 0 Å². The van der Waals surface area contributed by atoms with E-state index in [1.807, 2.05) is 12.1 Å². The molecule has 3 N–H and O–H groups in total. The second kappa shape index (κ2) is 7.06. The molecular formula is C19H19N5O3. The Morgan fingerprint density at radius 3 is 2.85 bits per heavy atom. The zero-order chi connectivity index (χ0) is 18.8. The van der Waals surface area contributed by atoms with Crippen molar-refractivity contribution in [3.8, 4) is 0 Å². The maximum atomic E-state index is 13.0. The van der Waals surface area contributed by atoms with E-state index in [0.29, 0.717) is 6.54 Å². The highest BCUT2D eigenvalue weighted by Gasteiger charge is 2.42. The standard InChI is InChI=1S/C19H19N5O3/c25-18(26)13-5-1-2-6-14(13)23-19(27)24-9-7-15-16(22-11-21-15)17(24)12-4-3-8-20-10-12/h1-6,8,10-11,15-17H,7,9H2,(H,21,22)(H,23,27)(H,25,26). The van der Waals surface area contributed by atoms with Gasteiger partial charge in [0.25, 0.3) is 0 Å². The van der Waals surface area contributed by atoms with Gasteiger partial charge in [-0.1, -0.05) is 18.2 Å². The lowest BCUT2D eigenvalue weighted by molar-refractivity contribution is 0.0698. The van der Waals surface area contributed by atoms with Crippen LogP contribution in [-0.2, 0) is 0 Å². The van der Waals surface area contributed by atoms with E-state index >= 15 is 0 Å². The number of fused-ring (bicyclic) bond motifs is 1. The van der Waals surface area contributed by atoms with Gasteiger partial charge in [0.05, 0.1) is 35.7 Å². The number of anilines is 1. The van der Waals surface area contributed by atoms with E-state index in [9.17, 15) is 14.7 Å². The van der Waals surface area contributed by atoms with Crippen molar-refractivity contribution in [1.29, 1.82) is 0 Å². The first kappa shape index (κ1) is 17.0. The Balaban J connectivity index is 1.64. The number of aromatic nitrogens is 1. The number of hydrogen-bond donors (Lipinski definition) is 3. The molecule has 4 rings (SSSR count). The minimum Gasteiger partial charge on any atom is -0.478 e. The lowest BCUT2D eigenvalue weighted by atomic mass is 9.88. The summed E-state index contributed by atoms with van der Waals surface area (Å²) in [5.74, 6) is -1.09. The lowest BCUT2D eigenvalue weighted by Crippen LogP contribution is -2.53. The van der Waals surface area contributed by atoms with Crippen LogP contribution in [0.4, 0.5) is 10.5 Å². The zero-order valence-corrected chi connectivity index (χ0v) is 14.4. The van der Waals surface area contributed by atoms with E-state index in [2.05, 4.69) is 20.6 Å². The number of benzene rings is 1. The quantitative estimate of drug-likeness (QED) is 0.772. The molecule has 3 unspecified atom stereocenters. The number of urea groups is 1. The van der Waals surface area contributed by atoms with Gasteiger partial charge in [-0.2, -0.15) is 0 Å². The van der Waals surface area contributed by atoms with Crippen LogP contribution in [0.25, 0.3) is 0 Å². The maximum absolute atomic E-state index is 13.0. The van der Waals surface area contributed by atoms with Crippen molar-refractivity contribution in [1.82, 2.24) is 15.2 Å². The number of nitrogens with one attached hydrogen (secondary N) is 2. The number of piperidine rings is 1. The van der Waals surface area contributed by atoms with E-state index in [-0.39, 0.29) is 35.4 Å². The summed E-state index contributed by atoms with van der Waals surface area (Å²) in [7, 11) is 0. The molecule has 2 aliphatic rings. The Bertz CT molecular complexity index is 886. The fraction of sp³-hybridized carbons (Fsp3) is 0.263. The molecule has 0 spiro atoms. The zero-order valence-electron chi connectivity index (χ0n) is 14.4. The average Bonchev–Trinajstić information content (AvgIpc) is 3.17. The Hall–Kier alpha value is -3.42. The van der Waals surface area contributed by atoms with E-state index < -0.39 is 5.97 Å². The largest absolute Gasteiger partial charge is 0.478 e. The predicted molar refractivity (Wildman–Crippen MR) is 99.9 cm³/mol. The van der Waals surface area contributed by atoms with E-state index in [0.717, 1.165) is 12.0 Å². The summed E-state index contributed by atoms with van der Waals surface area (Å²) in [5.41, 5.74) is 1.23. The number of likely N-dealkylation sites (tertiary alicyclic amines) is 1. The fourth-order valence-corrected chi connectivity index (χ4v) is 3.71. The first-order valence-electron chi connectivity index (χ1n) is 8.72. The van der Waals surface area contributed by atoms with Gasteiger partial charge in [0, 0.05) is 18.9 Å². The van der Waals surface area contributed by atoms with Crippen LogP contribution in [0.15, 0.2) is 53.8 Å². The maximum Gasteiger partial charge on any atom is 0.337 e. The monoisotopic (exact) mass is 365 g/mol. The fourth-order valence-electron chi connectivity index (χ4n) is 3.71. The van der Waals surface area contributed by atoms with Gasteiger partial charge in [-0.25, -0.2) is 9.59 Å². The number of carboxylic acid groups (broad SMARTS) is 1. The molecule has 138 valence electrons. The molecule has 0 saturated carbocycles. The number of aliphatic imine (C=N–C) groups is 1. The Morgan fingerprint density at radius 1 is 1.22 bits per heavy atom. The molecule has 0 bridgehead atoms. The highest BCUT2D eigenvalue weighted by atomic mass is 16.4. The molecule has 2 amide bonds. The molecule has 3 atom stereocenters. The van der Waals surface area contributed by atoms with Crippen molar-refractivity contribution >= 4 is 24.0 Å². The molecule has 8 heteroatoms. The molecule has 8 nitrogen and oxygen atoms in total. The molecule has 1 fully saturated rings. The van der Waals surface area contributed by atoms with E-state index in [1.54, 1.807) is 41.8 Å². The number of para-hydroxylation sites is 1. The van der Waals surface area contributed by atoms with Crippen LogP contribution < -0.4 is 10.6 Å². The van der Waals surface area contributed by atoms with Gasteiger partial charge < -0.3 is 20.6 Å². The third kappa shape index (κ3) is 3.21. The highest BCUT2D eigenvalue weighted by Crippen LogP contribution is 2.35. The van der Waals surface area contributed by atoms with Crippen molar-refractivity contribution in [2.24, 2.45) is 4.99 Å². The summed E-state index contributed by atoms with van der Waals surface area (Å²) in [6.07, 6.45) is 5.88. The number of amides is 2. The number of rotatable bonds is 3. The summed E-state index contributed by atoms with van der Waals surface area (Å²) in [4.78, 5) is 34.9. The third-order valence-corrected chi connectivity index (χ3v) is 4.97. The summed E-state index contributed by atoms with van der Waals surface area (Å²) in [6, 6.07) is 9.57. The molecule has 1 saturated heterocycles. The molecule has 2 aliphatic heterocycles. The first-order chi connectivity index (χ1) is 13.1. The molecular weight excluding hydrogens is 346 g/mol. The Kier molecular flexibility index (Phi) is 4.45. The predicted octanol–water partition coefficient (Wildman–Crippen LogP) is 2.13. The van der Waals surface area contributed by atoms with Crippen LogP contribution >= 0.6 is 0 Å². The smallest absolute Gasteiger partial charge is 0.337 e. The average molecular weight is 365 g/mol. The van der Waals surface area contributed by atoms with Crippen LogP contribution in [0.2, 0.25) is 0 Å². The SMILES string of the molecule is O=C(O)c1ccccc1NC(=O)N1CCC2NC=NC2C1c1cccnc1. The molecule has 3 heterocycles. The number of aromatic carboxylic acids is 1. The van der Waals surface area contributed by atoms with Crippen LogP contribution in [0.5, 0.6) is 0 Å². The van der Waals surface area contributed by atoms with Crippen molar-refractivity contribution in [3.05, 3.63) is 59.9 Å². The summed E-state index contributed by atoms with van der Waals surface area (Å²) in [6.45, 7) is 0.526. The topological polar surface area (TPSA) is 107 Å². The van der Waals surface area contributed by atoms with Crippen LogP contribution in [0.3, 0.4) is 0 Å². The summed E-state index contributed by atoms with van der Waals surface area (Å²) >= 11 is 0. The second-order valence-corrected chi connectivity index (χ2v) is 6.54. The van der Waals surface area contributed by atoms with Gasteiger partial charge in [-0.05, 0) is 30.2 Å². The van der Waals surface area contributed by atoms with Gasteiger partial charge >= 0.3 is 12.0 Å². The normalized spacial score (nSPS) is 23.4. The number of carboxylic acids is 1. The van der Waals surface area contributed by atoms with E-state index in [1.165, 1.54) is 6.07 Å². The van der Waals surface area contributed by atoms with Gasteiger partial charge in [0.2, 0.25) is 0 Å². The van der Waals surface area contributed by atoms with Gasteiger partial charge in [-0.3, -0.25) is 9.98 Å². The van der Waals surface area contributed by atoms with E-state index in [4.69, 9.17) is 0 Å². The molecule has 0 radical (unpaired) electrons. The lowest BCUT2D eigenvalue weighted by Gasteiger charge is -2.41. The first-order valence-corrected chi connectivity index (χ1v) is 8.72. The molecule has 1 aromatic carbocycles. The van der Waals surface area contributed by atoms with Crippen molar-refractivity contribution in [2.75, 3.05) is 11.9 Å². The third-order valence-electron chi connectivity index (χ3n) is 4.97. The summed E-state index contributed by atoms with van der Waals surface area (Å²) in [5, 5.41) is 15.3. The number of hydrogen-bond acceptors (Lipinski definition) is 5. The molecule has 2 aromatic rings. The molecule has 27 heavy (non-hydrogen) atoms. The van der Waals surface area contributed by atoms with Gasteiger partial charge in [-0.15, -0.1) is 0 Å². The second-order valence-electron chi connectivity index (χ2n) is 6.54. The van der Waals surface area contributed by atoms with Crippen LogP contribution in [-0.4, -0.2) is 52.0 Å². The number of carbonyl (C=O) groups excluding carboxylic acids is 1. The van der Waals surface area contributed by atoms with Crippen LogP contribution in [0.1, 0.15) is 28.4 Å². The molecule has 1 aromatic heterocycles. The summed E-state index contributed by atoms with van der Waals surface area (Å²) < 4.78 is 0. The number of pyridine rings is 1. The minimum absolute atomic E-state index is 0.0548. The van der Waals surface area contributed by atoms with Crippen molar-refractivity contribution in [2.45, 2.75) is 24.5 Å². The highest BCUT2D eigenvalue weighted by molar-refractivity contribution is 6.00. The molecule has 0 aliphatic carbocycles. The van der Waals surface area contributed by atoms with Crippen molar-refractivity contribution in [3.63, 3.8) is 0 Å². The number of carbonyl (C=O) groups is 2. The van der Waals surface area contributed by atoms with Crippen molar-refractivity contribution < 1.29 is 14.7 Å². The Morgan fingerprint density at radius 2 is 2.07 bits per heavy atom. The Labute approximate surface area is 155 Å². The minimum atomic E-state index is -1.09.